The number of nitrogens with one attached hydrogen (secondary N) is 1. The van der Waals surface area contributed by atoms with Crippen molar-refractivity contribution in [2.75, 3.05) is 13.1 Å². The number of piperidine rings is 1. The Morgan fingerprint density at radius 2 is 2.07 bits per heavy atom. The number of aromatic amines is 1. The number of aryl methyl sites for hydroxylation is 2. The molecule has 6 nitrogen and oxygen atoms in total. The van der Waals surface area contributed by atoms with Crippen molar-refractivity contribution in [2.45, 2.75) is 39.2 Å². The van der Waals surface area contributed by atoms with Gasteiger partial charge in [-0.05, 0) is 32.3 Å². The molecule has 3 aromatic rings. The summed E-state index contributed by atoms with van der Waals surface area (Å²) in [4.78, 5) is 14.8. The van der Waals surface area contributed by atoms with Crippen molar-refractivity contribution in [3.05, 3.63) is 59.7 Å². The van der Waals surface area contributed by atoms with E-state index in [0.717, 1.165) is 42.8 Å². The van der Waals surface area contributed by atoms with Crippen LogP contribution in [0.4, 0.5) is 0 Å². The molecule has 0 bridgehead atoms. The quantitative estimate of drug-likeness (QED) is 0.770. The first-order valence-electron chi connectivity index (χ1n) is 9.57. The molecule has 6 heteroatoms. The van der Waals surface area contributed by atoms with Gasteiger partial charge >= 0.3 is 0 Å². The summed E-state index contributed by atoms with van der Waals surface area (Å²) in [6, 6.07) is 8.51. The van der Waals surface area contributed by atoms with E-state index in [2.05, 4.69) is 46.5 Å². The molecule has 2 aromatic heterocycles. The number of amides is 1. The first-order valence-corrected chi connectivity index (χ1v) is 9.57. The highest BCUT2D eigenvalue weighted by molar-refractivity contribution is 5.93. The summed E-state index contributed by atoms with van der Waals surface area (Å²) in [7, 11) is 0. The first kappa shape index (κ1) is 17.5. The second kappa shape index (κ2) is 7.39. The lowest BCUT2D eigenvalue weighted by Gasteiger charge is -2.32. The van der Waals surface area contributed by atoms with Crippen LogP contribution in [0.25, 0.3) is 11.1 Å². The fraction of sp³-hybridized carbons (Fsp3) is 0.381. The fourth-order valence-corrected chi connectivity index (χ4v) is 3.80. The summed E-state index contributed by atoms with van der Waals surface area (Å²) >= 11 is 0. The van der Waals surface area contributed by atoms with Crippen molar-refractivity contribution >= 4 is 5.91 Å². The molecule has 0 aliphatic carbocycles. The van der Waals surface area contributed by atoms with Crippen LogP contribution in [0.2, 0.25) is 0 Å². The summed E-state index contributed by atoms with van der Waals surface area (Å²) in [5.41, 5.74) is 5.33. The second-order valence-electron chi connectivity index (χ2n) is 7.24. The highest BCUT2D eigenvalue weighted by atomic mass is 16.2. The Bertz CT molecular complexity index is 924. The second-order valence-corrected chi connectivity index (χ2v) is 7.24. The maximum Gasteiger partial charge on any atom is 0.257 e. The minimum Gasteiger partial charge on any atom is -0.338 e. The van der Waals surface area contributed by atoms with Gasteiger partial charge in [0.1, 0.15) is 0 Å². The van der Waals surface area contributed by atoms with Gasteiger partial charge in [0.15, 0.2) is 0 Å². The topological polar surface area (TPSA) is 66.8 Å². The van der Waals surface area contributed by atoms with Gasteiger partial charge < -0.3 is 4.90 Å². The Balaban J connectivity index is 1.54. The Morgan fingerprint density at radius 3 is 2.81 bits per heavy atom. The number of H-pyrrole nitrogens is 1. The smallest absolute Gasteiger partial charge is 0.257 e. The van der Waals surface area contributed by atoms with E-state index < -0.39 is 0 Å². The van der Waals surface area contributed by atoms with Crippen LogP contribution < -0.4 is 0 Å². The summed E-state index contributed by atoms with van der Waals surface area (Å²) in [5.74, 6) is 0.332. The molecule has 140 valence electrons. The monoisotopic (exact) mass is 363 g/mol. The molecular formula is C21H25N5O. The molecule has 27 heavy (non-hydrogen) atoms. The van der Waals surface area contributed by atoms with E-state index in [-0.39, 0.29) is 11.8 Å². The van der Waals surface area contributed by atoms with Crippen LogP contribution in [-0.2, 0) is 6.54 Å². The molecule has 0 spiro atoms. The molecular weight excluding hydrogens is 338 g/mol. The predicted octanol–water partition coefficient (Wildman–Crippen LogP) is 3.62. The number of carbonyl (C=O) groups is 1. The van der Waals surface area contributed by atoms with E-state index in [4.69, 9.17) is 0 Å². The van der Waals surface area contributed by atoms with Gasteiger partial charge in [0.2, 0.25) is 0 Å². The Hall–Kier alpha value is -2.89. The molecule has 0 unspecified atom stereocenters. The summed E-state index contributed by atoms with van der Waals surface area (Å²) in [5, 5.41) is 11.7. The predicted molar refractivity (Wildman–Crippen MR) is 105 cm³/mol. The normalized spacial score (nSPS) is 17.3. The van der Waals surface area contributed by atoms with E-state index in [1.165, 1.54) is 5.56 Å². The minimum absolute atomic E-state index is 0.0656. The molecule has 1 aliphatic heterocycles. The molecule has 1 saturated heterocycles. The van der Waals surface area contributed by atoms with Gasteiger partial charge in [-0.1, -0.05) is 29.8 Å². The van der Waals surface area contributed by atoms with E-state index in [0.29, 0.717) is 12.1 Å². The van der Waals surface area contributed by atoms with E-state index >= 15 is 0 Å². The Kier molecular flexibility index (Phi) is 4.79. The molecule has 1 fully saturated rings. The van der Waals surface area contributed by atoms with Gasteiger partial charge in [-0.15, -0.1) is 0 Å². The van der Waals surface area contributed by atoms with E-state index in [1.807, 2.05) is 24.2 Å². The van der Waals surface area contributed by atoms with Crippen LogP contribution in [0.3, 0.4) is 0 Å². The zero-order valence-electron chi connectivity index (χ0n) is 15.9. The molecule has 1 atom stereocenters. The fourth-order valence-electron chi connectivity index (χ4n) is 3.80. The lowest BCUT2D eigenvalue weighted by atomic mass is 9.90. The molecule has 4 rings (SSSR count). The Labute approximate surface area is 159 Å². The molecule has 0 saturated carbocycles. The number of aromatic nitrogens is 4. The highest BCUT2D eigenvalue weighted by Crippen LogP contribution is 2.33. The van der Waals surface area contributed by atoms with Crippen LogP contribution in [0.1, 0.15) is 47.3 Å². The van der Waals surface area contributed by atoms with Gasteiger partial charge in [-0.3, -0.25) is 14.6 Å². The summed E-state index contributed by atoms with van der Waals surface area (Å²) < 4.78 is 1.79. The van der Waals surface area contributed by atoms with Crippen molar-refractivity contribution in [2.24, 2.45) is 0 Å². The van der Waals surface area contributed by atoms with Crippen molar-refractivity contribution < 1.29 is 4.79 Å². The SMILES string of the molecule is CCn1cc(C(=O)N2CCC[C@@H](c3[nH]ncc3-c3ccc(C)cc3)C2)cn1. The van der Waals surface area contributed by atoms with Crippen molar-refractivity contribution in [3.63, 3.8) is 0 Å². The van der Waals surface area contributed by atoms with Gasteiger partial charge in [-0.2, -0.15) is 10.2 Å². The summed E-state index contributed by atoms with van der Waals surface area (Å²) in [6.45, 7) is 6.37. The number of rotatable bonds is 4. The van der Waals surface area contributed by atoms with Gasteiger partial charge in [0.05, 0.1) is 18.0 Å². The molecule has 1 amide bonds. The van der Waals surface area contributed by atoms with Gasteiger partial charge in [0.25, 0.3) is 5.91 Å². The third-order valence-electron chi connectivity index (χ3n) is 5.35. The molecule has 1 aliphatic rings. The van der Waals surface area contributed by atoms with Crippen LogP contribution in [0.15, 0.2) is 42.9 Å². The van der Waals surface area contributed by atoms with Crippen LogP contribution in [-0.4, -0.2) is 43.9 Å². The average Bonchev–Trinajstić information content (AvgIpc) is 3.38. The van der Waals surface area contributed by atoms with E-state index in [1.54, 1.807) is 10.9 Å². The number of nitrogens with zero attached hydrogens (tertiary/aromatic N) is 4. The zero-order chi connectivity index (χ0) is 18.8. The van der Waals surface area contributed by atoms with Crippen molar-refractivity contribution in [1.29, 1.82) is 0 Å². The van der Waals surface area contributed by atoms with Gasteiger partial charge in [-0.25, -0.2) is 0 Å². The maximum absolute atomic E-state index is 12.9. The third kappa shape index (κ3) is 3.52. The summed E-state index contributed by atoms with van der Waals surface area (Å²) in [6.07, 6.45) is 7.44. The number of benzene rings is 1. The highest BCUT2D eigenvalue weighted by Gasteiger charge is 2.28. The lowest BCUT2D eigenvalue weighted by Crippen LogP contribution is -2.39. The molecule has 0 radical (unpaired) electrons. The number of hydrogen-bond donors (Lipinski definition) is 1. The van der Waals surface area contributed by atoms with Crippen LogP contribution >= 0.6 is 0 Å². The largest absolute Gasteiger partial charge is 0.338 e. The zero-order valence-corrected chi connectivity index (χ0v) is 15.9. The first-order chi connectivity index (χ1) is 13.2. The standard InChI is InChI=1S/C21H25N5O/c1-3-26-14-18(11-23-26)21(27)25-10-4-5-17(13-25)20-19(12-22-24-20)16-8-6-15(2)7-9-16/h6-9,11-12,14,17H,3-5,10,13H2,1-2H3,(H,22,24)/t17-/m1/s1. The Morgan fingerprint density at radius 1 is 1.26 bits per heavy atom. The number of hydrogen-bond acceptors (Lipinski definition) is 3. The van der Waals surface area contributed by atoms with Crippen LogP contribution in [0, 0.1) is 6.92 Å². The molecule has 3 heterocycles. The van der Waals surface area contributed by atoms with Crippen LogP contribution in [0.5, 0.6) is 0 Å². The van der Waals surface area contributed by atoms with Gasteiger partial charge in [0, 0.05) is 43.0 Å². The third-order valence-corrected chi connectivity index (χ3v) is 5.35. The lowest BCUT2D eigenvalue weighted by molar-refractivity contribution is 0.0706. The minimum atomic E-state index is 0.0656. The molecule has 1 N–H and O–H groups in total. The molecule has 1 aromatic carbocycles. The number of carbonyl (C=O) groups excluding carboxylic acids is 1. The van der Waals surface area contributed by atoms with Crippen molar-refractivity contribution in [3.8, 4) is 11.1 Å². The van der Waals surface area contributed by atoms with Crippen molar-refractivity contribution in [1.82, 2.24) is 24.9 Å². The van der Waals surface area contributed by atoms with E-state index in [9.17, 15) is 4.79 Å². The average molecular weight is 363 g/mol. The maximum atomic E-state index is 12.9. The number of likely N-dealkylation sites (tertiary alicyclic amines) is 1.